The molecule has 0 atom stereocenters. The number of benzene rings is 3. The van der Waals surface area contributed by atoms with Gasteiger partial charge in [0, 0.05) is 25.8 Å². The van der Waals surface area contributed by atoms with Gasteiger partial charge in [0.2, 0.25) is 0 Å². The predicted octanol–water partition coefficient (Wildman–Crippen LogP) is 6.27. The van der Waals surface area contributed by atoms with E-state index in [1.807, 2.05) is 0 Å². The van der Waals surface area contributed by atoms with Crippen LogP contribution in [-0.2, 0) is 25.8 Å². The second-order valence-electron chi connectivity index (χ2n) is 5.47. The Labute approximate surface area is 154 Å². The minimum absolute atomic E-state index is 0. The van der Waals surface area contributed by atoms with Gasteiger partial charge in [0.1, 0.15) is 0 Å². The van der Waals surface area contributed by atoms with Gasteiger partial charge in [0.15, 0.2) is 0 Å². The molecule has 0 aromatic heterocycles. The molecule has 5 aromatic carbocycles. The first-order valence-corrected chi connectivity index (χ1v) is 7.55. The van der Waals surface area contributed by atoms with Crippen LogP contribution < -0.4 is 0 Å². The second-order valence-corrected chi connectivity index (χ2v) is 5.47. The Morgan fingerprint density at radius 3 is 1.65 bits per heavy atom. The monoisotopic (exact) mass is 460 g/mol. The van der Waals surface area contributed by atoms with Crippen molar-refractivity contribution < 1.29 is 25.8 Å². The molecule has 5 rings (SSSR count). The predicted molar refractivity (Wildman–Crippen MR) is 96.6 cm³/mol. The van der Waals surface area contributed by atoms with Gasteiger partial charge >= 0.3 is 0 Å². The molecule has 0 N–H and O–H groups in total. The van der Waals surface area contributed by atoms with Gasteiger partial charge in [0.05, 0.1) is 0 Å². The van der Waals surface area contributed by atoms with E-state index in [-0.39, 0.29) is 25.8 Å². The van der Waals surface area contributed by atoms with Gasteiger partial charge in [-0.2, -0.15) is 17.5 Å². The average Bonchev–Trinajstić information content (AvgIpc) is 3.19. The van der Waals surface area contributed by atoms with Gasteiger partial charge < -0.3 is 0 Å². The van der Waals surface area contributed by atoms with Crippen LogP contribution in [0.4, 0.5) is 0 Å². The van der Waals surface area contributed by atoms with E-state index in [2.05, 4.69) is 97.1 Å². The number of hydrogen-bond acceptors (Lipinski definition) is 0. The first-order chi connectivity index (χ1) is 10.9. The van der Waals surface area contributed by atoms with Crippen molar-refractivity contribution in [2.24, 2.45) is 0 Å². The van der Waals surface area contributed by atoms with E-state index in [1.165, 1.54) is 32.3 Å². The second kappa shape index (κ2) is 7.06. The zero-order chi connectivity index (χ0) is 14.8. The van der Waals surface area contributed by atoms with E-state index in [9.17, 15) is 0 Å². The normalized spacial score (nSPS) is 10.3. The molecule has 0 aliphatic heterocycles. The zero-order valence-corrected chi connectivity index (χ0v) is 16.3. The van der Waals surface area contributed by atoms with Gasteiger partial charge in [0.25, 0.3) is 0 Å². The molecule has 0 spiro atoms. The van der Waals surface area contributed by atoms with Crippen LogP contribution in [0.3, 0.4) is 0 Å². The van der Waals surface area contributed by atoms with E-state index in [4.69, 9.17) is 0 Å². The third-order valence-electron chi connectivity index (χ3n) is 4.07. The van der Waals surface area contributed by atoms with Crippen LogP contribution in [0, 0.1) is 0 Å². The quantitative estimate of drug-likeness (QED) is 0.189. The van der Waals surface area contributed by atoms with Crippen molar-refractivity contribution >= 4 is 32.3 Å². The molecule has 0 nitrogen and oxygen atoms in total. The van der Waals surface area contributed by atoms with Crippen molar-refractivity contribution in [1.29, 1.82) is 0 Å². The largest absolute Gasteiger partial charge is 0.168 e. The minimum Gasteiger partial charge on any atom is -0.168 e. The average molecular weight is 459 g/mol. The Balaban J connectivity index is 0.000000138. The number of rotatable bonds is 0. The summed E-state index contributed by atoms with van der Waals surface area (Å²) in [4.78, 5) is 0. The van der Waals surface area contributed by atoms with Crippen LogP contribution >= 0.6 is 0 Å². The molecule has 0 saturated carbocycles. The molecule has 0 saturated heterocycles. The molecule has 110 valence electrons. The Kier molecular flexibility index (Phi) is 4.88. The molecule has 0 amide bonds. The molecular formula is C22H16Hf-2. The van der Waals surface area contributed by atoms with Gasteiger partial charge in [-0.25, -0.2) is 0 Å². The molecular weight excluding hydrogens is 443 g/mol. The van der Waals surface area contributed by atoms with Gasteiger partial charge in [-0.1, -0.05) is 42.5 Å². The Hall–Kier alpha value is -1.99. The van der Waals surface area contributed by atoms with Gasteiger partial charge in [-0.15, -0.1) is 69.4 Å². The summed E-state index contributed by atoms with van der Waals surface area (Å²) in [7, 11) is 0. The third kappa shape index (κ3) is 3.20. The summed E-state index contributed by atoms with van der Waals surface area (Å²) in [6.07, 6.45) is 0. The van der Waals surface area contributed by atoms with E-state index < -0.39 is 0 Å². The summed E-state index contributed by atoms with van der Waals surface area (Å²) < 4.78 is 0. The maximum Gasteiger partial charge on any atom is 0 e. The fraction of sp³-hybridized carbons (Fsp3) is 0. The molecule has 0 aliphatic carbocycles. The van der Waals surface area contributed by atoms with E-state index >= 15 is 0 Å². The molecule has 0 unspecified atom stereocenters. The fourth-order valence-corrected chi connectivity index (χ4v) is 2.97. The maximum atomic E-state index is 2.24. The Morgan fingerprint density at radius 2 is 1.04 bits per heavy atom. The van der Waals surface area contributed by atoms with Crippen LogP contribution in [0.1, 0.15) is 0 Å². The van der Waals surface area contributed by atoms with Gasteiger partial charge in [-0.3, -0.25) is 0 Å². The van der Waals surface area contributed by atoms with Crippen molar-refractivity contribution in [3.05, 3.63) is 97.1 Å². The van der Waals surface area contributed by atoms with Crippen LogP contribution in [0.2, 0.25) is 0 Å². The Morgan fingerprint density at radius 1 is 0.522 bits per heavy atom. The van der Waals surface area contributed by atoms with Gasteiger partial charge in [-0.05, 0) is 0 Å². The van der Waals surface area contributed by atoms with Crippen LogP contribution in [-0.4, -0.2) is 0 Å². The third-order valence-corrected chi connectivity index (χ3v) is 4.07. The first-order valence-electron chi connectivity index (χ1n) is 7.55. The molecule has 0 aliphatic rings. The summed E-state index contributed by atoms with van der Waals surface area (Å²) in [5.41, 5.74) is 0. The van der Waals surface area contributed by atoms with E-state index in [1.54, 1.807) is 0 Å². The molecule has 1 heteroatoms. The van der Waals surface area contributed by atoms with E-state index in [0.717, 1.165) is 0 Å². The molecule has 5 aromatic rings. The maximum absolute atomic E-state index is 2.24. The summed E-state index contributed by atoms with van der Waals surface area (Å²) >= 11 is 0. The van der Waals surface area contributed by atoms with Crippen molar-refractivity contribution in [2.75, 3.05) is 0 Å². The molecule has 0 bridgehead atoms. The molecule has 23 heavy (non-hydrogen) atoms. The van der Waals surface area contributed by atoms with Crippen molar-refractivity contribution in [3.8, 4) is 0 Å². The first kappa shape index (κ1) is 15.9. The minimum atomic E-state index is 0. The summed E-state index contributed by atoms with van der Waals surface area (Å²) in [5.74, 6) is 0. The number of fused-ring (bicyclic) bond motifs is 4. The SMILES string of the molecule is [Hf].c1ccc2[cH-]ccc2c1.c1ccc2c(c1)[cH-]c1ccccc12. The smallest absolute Gasteiger partial charge is 0 e. The Bertz CT molecular complexity index is 953. The van der Waals surface area contributed by atoms with E-state index in [0.29, 0.717) is 0 Å². The topological polar surface area (TPSA) is 0 Å². The molecule has 0 fully saturated rings. The molecule has 0 radical (unpaired) electrons. The van der Waals surface area contributed by atoms with Crippen LogP contribution in [0.15, 0.2) is 97.1 Å². The fourth-order valence-electron chi connectivity index (χ4n) is 2.97. The zero-order valence-electron chi connectivity index (χ0n) is 12.7. The number of hydrogen-bond donors (Lipinski definition) is 0. The summed E-state index contributed by atoms with van der Waals surface area (Å²) in [5, 5.41) is 8.05. The van der Waals surface area contributed by atoms with Crippen molar-refractivity contribution in [1.82, 2.24) is 0 Å². The summed E-state index contributed by atoms with van der Waals surface area (Å²) in [6.45, 7) is 0. The van der Waals surface area contributed by atoms with Crippen LogP contribution in [0.25, 0.3) is 32.3 Å². The van der Waals surface area contributed by atoms with Crippen LogP contribution in [0.5, 0.6) is 0 Å². The molecule has 0 heterocycles. The van der Waals surface area contributed by atoms with Crippen molar-refractivity contribution in [2.45, 2.75) is 0 Å². The van der Waals surface area contributed by atoms with Crippen molar-refractivity contribution in [3.63, 3.8) is 0 Å². The standard InChI is InChI=1S/C13H9.C9H7.Hf/c1-3-7-12-10(5-1)9-11-6-2-4-8-13(11)12;1-2-5-9-7-3-6-8(9)4-1;/h1-9H;1-7H;/q2*-1;. The summed E-state index contributed by atoms with van der Waals surface area (Å²) in [6, 6.07) is 33.9.